The first-order valence-electron chi connectivity index (χ1n) is 10.8. The molecule has 0 fully saturated rings. The normalized spacial score (nSPS) is 13.8. The molecule has 0 saturated carbocycles. The first-order valence-corrected chi connectivity index (χ1v) is 10.8. The fourth-order valence-electron chi connectivity index (χ4n) is 2.58. The van der Waals surface area contributed by atoms with E-state index >= 15 is 0 Å². The van der Waals surface area contributed by atoms with E-state index in [-0.39, 0.29) is 6.29 Å². The van der Waals surface area contributed by atoms with Crippen molar-refractivity contribution in [3.05, 3.63) is 0 Å². The molecule has 0 radical (unpaired) electrons. The van der Waals surface area contributed by atoms with Gasteiger partial charge in [-0.1, -0.05) is 47.0 Å². The van der Waals surface area contributed by atoms with E-state index in [0.29, 0.717) is 45.6 Å². The Labute approximate surface area is 162 Å². The molecular weight excluding hydrogens is 332 g/mol. The molecule has 0 N–H and O–H groups in total. The maximum Gasteiger partial charge on any atom is 0.160 e. The van der Waals surface area contributed by atoms with Crippen molar-refractivity contribution in [3.8, 4) is 0 Å². The second kappa shape index (κ2) is 21.1. The van der Waals surface area contributed by atoms with Crippen molar-refractivity contribution in [1.82, 2.24) is 0 Å². The third-order valence-corrected chi connectivity index (χ3v) is 4.22. The molecule has 0 amide bonds. The Kier molecular flexibility index (Phi) is 20.9. The van der Waals surface area contributed by atoms with E-state index in [1.54, 1.807) is 0 Å². The maximum atomic E-state index is 6.00. The topological polar surface area (TPSA) is 46.2 Å². The summed E-state index contributed by atoms with van der Waals surface area (Å²) in [5.41, 5.74) is 0. The van der Waals surface area contributed by atoms with Gasteiger partial charge in [0.2, 0.25) is 0 Å². The number of hydrogen-bond acceptors (Lipinski definition) is 5. The summed E-state index contributed by atoms with van der Waals surface area (Å²) in [6, 6.07) is 0. The van der Waals surface area contributed by atoms with Crippen molar-refractivity contribution in [1.29, 1.82) is 0 Å². The lowest BCUT2D eigenvalue weighted by atomic mass is 9.99. The second-order valence-electron chi connectivity index (χ2n) is 6.61. The molecule has 0 aromatic heterocycles. The van der Waals surface area contributed by atoms with E-state index < -0.39 is 0 Å². The largest absolute Gasteiger partial charge is 0.379 e. The zero-order chi connectivity index (χ0) is 19.3. The van der Waals surface area contributed by atoms with Gasteiger partial charge >= 0.3 is 0 Å². The van der Waals surface area contributed by atoms with Crippen LogP contribution in [0.5, 0.6) is 0 Å². The number of hydrogen-bond donors (Lipinski definition) is 0. The Morgan fingerprint density at radius 3 is 1.62 bits per heavy atom. The summed E-state index contributed by atoms with van der Waals surface area (Å²) in [5, 5.41) is 0. The second-order valence-corrected chi connectivity index (χ2v) is 6.61. The average molecular weight is 377 g/mol. The molecule has 0 heterocycles. The standard InChI is InChI=1S/C21H44O5/c1-5-9-11-20(8-4)21(25-18-16-22-12-7-3)26-19-17-24-15-14-23-13-10-6-2/h20-21H,5-19H2,1-4H3. The van der Waals surface area contributed by atoms with Crippen LogP contribution in [0.1, 0.15) is 72.6 Å². The molecule has 0 aliphatic carbocycles. The van der Waals surface area contributed by atoms with Gasteiger partial charge in [-0.3, -0.25) is 0 Å². The molecule has 158 valence electrons. The van der Waals surface area contributed by atoms with E-state index in [0.717, 1.165) is 45.3 Å². The van der Waals surface area contributed by atoms with E-state index in [2.05, 4.69) is 27.7 Å². The van der Waals surface area contributed by atoms with E-state index in [1.807, 2.05) is 0 Å². The predicted molar refractivity (Wildman–Crippen MR) is 107 cm³/mol. The highest BCUT2D eigenvalue weighted by Crippen LogP contribution is 2.20. The molecule has 2 unspecified atom stereocenters. The molecular formula is C21H44O5. The third kappa shape index (κ3) is 16.0. The summed E-state index contributed by atoms with van der Waals surface area (Å²) in [6.07, 6.45) is 7.75. The van der Waals surface area contributed by atoms with Gasteiger partial charge in [-0.25, -0.2) is 0 Å². The summed E-state index contributed by atoms with van der Waals surface area (Å²) >= 11 is 0. The molecule has 2 atom stereocenters. The average Bonchev–Trinajstić information content (AvgIpc) is 2.66. The van der Waals surface area contributed by atoms with E-state index in [1.165, 1.54) is 12.8 Å². The molecule has 0 saturated heterocycles. The summed E-state index contributed by atoms with van der Waals surface area (Å²) in [5.74, 6) is 0.429. The molecule has 0 rings (SSSR count). The van der Waals surface area contributed by atoms with Gasteiger partial charge in [0.05, 0.1) is 39.6 Å². The molecule has 26 heavy (non-hydrogen) atoms. The Morgan fingerprint density at radius 2 is 1.08 bits per heavy atom. The number of ether oxygens (including phenoxy) is 5. The lowest BCUT2D eigenvalue weighted by Gasteiger charge is -2.26. The van der Waals surface area contributed by atoms with Crippen molar-refractivity contribution in [2.75, 3.05) is 52.9 Å². The van der Waals surface area contributed by atoms with Crippen LogP contribution in [0.4, 0.5) is 0 Å². The lowest BCUT2D eigenvalue weighted by molar-refractivity contribution is -0.187. The van der Waals surface area contributed by atoms with Crippen LogP contribution in [0.15, 0.2) is 0 Å². The van der Waals surface area contributed by atoms with Crippen molar-refractivity contribution in [3.63, 3.8) is 0 Å². The fraction of sp³-hybridized carbons (Fsp3) is 1.00. The third-order valence-electron chi connectivity index (χ3n) is 4.22. The Hall–Kier alpha value is -0.200. The zero-order valence-corrected chi connectivity index (χ0v) is 17.8. The molecule has 0 bridgehead atoms. The minimum Gasteiger partial charge on any atom is -0.379 e. The minimum atomic E-state index is -0.166. The van der Waals surface area contributed by atoms with Crippen LogP contribution in [0.3, 0.4) is 0 Å². The number of unbranched alkanes of at least 4 members (excludes halogenated alkanes) is 2. The van der Waals surface area contributed by atoms with Crippen molar-refractivity contribution < 1.29 is 23.7 Å². The SMILES string of the molecule is CCCCOCCOCCOC(OCCOCCC)C(CC)CCCC. The quantitative estimate of drug-likeness (QED) is 0.212. The van der Waals surface area contributed by atoms with Gasteiger partial charge in [-0.15, -0.1) is 0 Å². The predicted octanol–water partition coefficient (Wildman–Crippen LogP) is 4.82. The highest BCUT2D eigenvalue weighted by atomic mass is 16.7. The summed E-state index contributed by atoms with van der Waals surface area (Å²) in [7, 11) is 0. The van der Waals surface area contributed by atoms with Crippen LogP contribution in [0.2, 0.25) is 0 Å². The maximum absolute atomic E-state index is 6.00. The summed E-state index contributed by atoms with van der Waals surface area (Å²) < 4.78 is 28.6. The highest BCUT2D eigenvalue weighted by Gasteiger charge is 2.21. The van der Waals surface area contributed by atoms with Gasteiger partial charge < -0.3 is 23.7 Å². The van der Waals surface area contributed by atoms with Gasteiger partial charge in [-0.2, -0.15) is 0 Å². The first kappa shape index (κ1) is 25.8. The molecule has 0 aliphatic rings. The molecule has 5 heteroatoms. The van der Waals surface area contributed by atoms with Crippen LogP contribution in [0, 0.1) is 5.92 Å². The smallest absolute Gasteiger partial charge is 0.160 e. The summed E-state index contributed by atoms with van der Waals surface area (Å²) in [4.78, 5) is 0. The van der Waals surface area contributed by atoms with Gasteiger partial charge in [0, 0.05) is 19.1 Å². The van der Waals surface area contributed by atoms with Gasteiger partial charge in [-0.05, 0) is 25.7 Å². The Balaban J connectivity index is 3.97. The van der Waals surface area contributed by atoms with Gasteiger partial charge in [0.25, 0.3) is 0 Å². The Bertz CT molecular complexity index is 263. The molecule has 5 nitrogen and oxygen atoms in total. The summed E-state index contributed by atoms with van der Waals surface area (Å²) in [6.45, 7) is 13.9. The molecule has 0 aromatic carbocycles. The minimum absolute atomic E-state index is 0.166. The number of rotatable bonds is 21. The van der Waals surface area contributed by atoms with Crippen LogP contribution < -0.4 is 0 Å². The Morgan fingerprint density at radius 1 is 0.538 bits per heavy atom. The van der Waals surface area contributed by atoms with Gasteiger partial charge in [0.1, 0.15) is 0 Å². The monoisotopic (exact) mass is 376 g/mol. The van der Waals surface area contributed by atoms with Crippen molar-refractivity contribution >= 4 is 0 Å². The molecule has 0 aromatic rings. The molecule has 0 aliphatic heterocycles. The molecule has 0 spiro atoms. The van der Waals surface area contributed by atoms with E-state index in [4.69, 9.17) is 23.7 Å². The lowest BCUT2D eigenvalue weighted by Crippen LogP contribution is -2.30. The zero-order valence-electron chi connectivity index (χ0n) is 17.8. The van der Waals surface area contributed by atoms with Crippen LogP contribution in [0.25, 0.3) is 0 Å². The first-order chi connectivity index (χ1) is 12.8. The van der Waals surface area contributed by atoms with Crippen molar-refractivity contribution in [2.24, 2.45) is 5.92 Å². The van der Waals surface area contributed by atoms with Crippen LogP contribution in [-0.2, 0) is 23.7 Å². The van der Waals surface area contributed by atoms with Crippen LogP contribution in [-0.4, -0.2) is 59.1 Å². The fourth-order valence-corrected chi connectivity index (χ4v) is 2.58. The van der Waals surface area contributed by atoms with Crippen LogP contribution >= 0.6 is 0 Å². The van der Waals surface area contributed by atoms with E-state index in [9.17, 15) is 0 Å². The van der Waals surface area contributed by atoms with Crippen molar-refractivity contribution in [2.45, 2.75) is 78.9 Å². The van der Waals surface area contributed by atoms with Gasteiger partial charge in [0.15, 0.2) is 6.29 Å². The highest BCUT2D eigenvalue weighted by molar-refractivity contribution is 4.62.